The van der Waals surface area contributed by atoms with E-state index < -0.39 is 0 Å². The molecular formula is C11H20N4. The molecule has 0 radical (unpaired) electrons. The fraction of sp³-hybridized carbons (Fsp3) is 0.727. The van der Waals surface area contributed by atoms with Gasteiger partial charge in [0.1, 0.15) is 0 Å². The van der Waals surface area contributed by atoms with Crippen LogP contribution in [0.5, 0.6) is 0 Å². The van der Waals surface area contributed by atoms with Crippen LogP contribution in [0.3, 0.4) is 0 Å². The van der Waals surface area contributed by atoms with Crippen LogP contribution in [-0.4, -0.2) is 40.6 Å². The number of rotatable bonds is 4. The van der Waals surface area contributed by atoms with Gasteiger partial charge in [-0.2, -0.15) is 0 Å². The van der Waals surface area contributed by atoms with Gasteiger partial charge >= 0.3 is 0 Å². The molecule has 0 amide bonds. The van der Waals surface area contributed by atoms with Crippen molar-refractivity contribution >= 4 is 5.95 Å². The summed E-state index contributed by atoms with van der Waals surface area (Å²) in [5.74, 6) is 0.959. The number of hydrogen-bond acceptors (Lipinski definition) is 3. The van der Waals surface area contributed by atoms with E-state index in [2.05, 4.69) is 26.7 Å². The maximum Gasteiger partial charge on any atom is 0.202 e. The van der Waals surface area contributed by atoms with Crippen LogP contribution in [0.4, 0.5) is 5.95 Å². The second kappa shape index (κ2) is 4.66. The zero-order valence-corrected chi connectivity index (χ0v) is 9.61. The van der Waals surface area contributed by atoms with Crippen LogP contribution in [0.2, 0.25) is 0 Å². The number of nitrogens with one attached hydrogen (secondary N) is 1. The summed E-state index contributed by atoms with van der Waals surface area (Å²) in [6, 6.07) is 0.605. The predicted molar refractivity (Wildman–Crippen MR) is 62.0 cm³/mol. The Balaban J connectivity index is 1.95. The van der Waals surface area contributed by atoms with Crippen LogP contribution in [0.25, 0.3) is 0 Å². The molecule has 1 aromatic heterocycles. The second-order valence-electron chi connectivity index (χ2n) is 4.25. The van der Waals surface area contributed by atoms with Crippen molar-refractivity contribution in [1.29, 1.82) is 0 Å². The minimum absolute atomic E-state index is 0.605. The Morgan fingerprint density at radius 2 is 2.20 bits per heavy atom. The molecule has 1 atom stereocenters. The third kappa shape index (κ3) is 2.31. The van der Waals surface area contributed by atoms with Crippen molar-refractivity contribution in [2.24, 2.45) is 0 Å². The van der Waals surface area contributed by atoms with Crippen molar-refractivity contribution in [3.05, 3.63) is 12.4 Å². The van der Waals surface area contributed by atoms with Gasteiger partial charge in [0.05, 0.1) is 0 Å². The number of likely N-dealkylation sites (tertiary alicyclic amines) is 1. The average molecular weight is 208 g/mol. The SMILES string of the molecule is CNc1nccn1CC(C)N1CCCC1. The summed E-state index contributed by atoms with van der Waals surface area (Å²) < 4.78 is 2.18. The lowest BCUT2D eigenvalue weighted by molar-refractivity contribution is 0.236. The van der Waals surface area contributed by atoms with Crippen molar-refractivity contribution in [1.82, 2.24) is 14.5 Å². The lowest BCUT2D eigenvalue weighted by atomic mass is 10.3. The van der Waals surface area contributed by atoms with E-state index in [-0.39, 0.29) is 0 Å². The first-order valence-corrected chi connectivity index (χ1v) is 5.74. The largest absolute Gasteiger partial charge is 0.359 e. The number of hydrogen-bond donors (Lipinski definition) is 1. The Morgan fingerprint density at radius 3 is 2.87 bits per heavy atom. The molecule has 0 saturated carbocycles. The van der Waals surface area contributed by atoms with Gasteiger partial charge in [0.2, 0.25) is 5.95 Å². The number of nitrogens with zero attached hydrogens (tertiary/aromatic N) is 3. The van der Waals surface area contributed by atoms with E-state index in [4.69, 9.17) is 0 Å². The molecule has 0 aromatic carbocycles. The number of anilines is 1. The highest BCUT2D eigenvalue weighted by atomic mass is 15.2. The highest BCUT2D eigenvalue weighted by Crippen LogP contribution is 2.14. The lowest BCUT2D eigenvalue weighted by Gasteiger charge is -2.24. The highest BCUT2D eigenvalue weighted by molar-refractivity contribution is 5.24. The van der Waals surface area contributed by atoms with Gasteiger partial charge in [-0.15, -0.1) is 0 Å². The van der Waals surface area contributed by atoms with Gasteiger partial charge in [-0.1, -0.05) is 0 Å². The van der Waals surface area contributed by atoms with Gasteiger partial charge in [-0.25, -0.2) is 4.98 Å². The Hall–Kier alpha value is -1.03. The minimum Gasteiger partial charge on any atom is -0.359 e. The fourth-order valence-corrected chi connectivity index (χ4v) is 2.27. The fourth-order valence-electron chi connectivity index (χ4n) is 2.27. The molecule has 2 rings (SSSR count). The standard InChI is InChI=1S/C11H20N4/c1-10(14-6-3-4-7-14)9-15-8-5-13-11(15)12-2/h5,8,10H,3-4,6-7,9H2,1-2H3,(H,12,13). The number of aromatic nitrogens is 2. The summed E-state index contributed by atoms with van der Waals surface area (Å²) in [5, 5.41) is 3.10. The molecular weight excluding hydrogens is 188 g/mol. The van der Waals surface area contributed by atoms with Crippen molar-refractivity contribution in [2.75, 3.05) is 25.5 Å². The van der Waals surface area contributed by atoms with Crippen molar-refractivity contribution in [2.45, 2.75) is 32.4 Å². The first kappa shape index (κ1) is 10.5. The van der Waals surface area contributed by atoms with Crippen molar-refractivity contribution in [3.8, 4) is 0 Å². The molecule has 1 aliphatic rings. The van der Waals surface area contributed by atoms with E-state index in [1.807, 2.05) is 19.4 Å². The third-order valence-electron chi connectivity index (χ3n) is 3.16. The summed E-state index contributed by atoms with van der Waals surface area (Å²) in [4.78, 5) is 6.80. The third-order valence-corrected chi connectivity index (χ3v) is 3.16. The molecule has 0 aliphatic carbocycles. The molecule has 1 unspecified atom stereocenters. The molecule has 84 valence electrons. The van der Waals surface area contributed by atoms with Gasteiger partial charge in [-0.05, 0) is 32.9 Å². The summed E-state index contributed by atoms with van der Waals surface area (Å²) in [6.45, 7) is 5.83. The van der Waals surface area contributed by atoms with Crippen LogP contribution >= 0.6 is 0 Å². The molecule has 1 N–H and O–H groups in total. The summed E-state index contributed by atoms with van der Waals surface area (Å²) in [6.07, 6.45) is 6.60. The van der Waals surface area contributed by atoms with E-state index in [9.17, 15) is 0 Å². The number of imidazole rings is 1. The van der Waals surface area contributed by atoms with E-state index >= 15 is 0 Å². The molecule has 0 spiro atoms. The zero-order valence-electron chi connectivity index (χ0n) is 9.61. The minimum atomic E-state index is 0.605. The van der Waals surface area contributed by atoms with Gasteiger partial charge in [0.15, 0.2) is 0 Å². The molecule has 1 saturated heterocycles. The van der Waals surface area contributed by atoms with Gasteiger partial charge in [0, 0.05) is 32.0 Å². The van der Waals surface area contributed by atoms with E-state index in [1.165, 1.54) is 25.9 Å². The Kier molecular flexibility index (Phi) is 3.26. The van der Waals surface area contributed by atoms with Gasteiger partial charge < -0.3 is 9.88 Å². The monoisotopic (exact) mass is 208 g/mol. The predicted octanol–water partition coefficient (Wildman–Crippen LogP) is 1.41. The van der Waals surface area contributed by atoms with Crippen LogP contribution in [0.15, 0.2) is 12.4 Å². The first-order valence-electron chi connectivity index (χ1n) is 5.74. The van der Waals surface area contributed by atoms with Crippen LogP contribution in [0, 0.1) is 0 Å². The van der Waals surface area contributed by atoms with E-state index in [0.29, 0.717) is 6.04 Å². The molecule has 15 heavy (non-hydrogen) atoms. The quantitative estimate of drug-likeness (QED) is 0.812. The van der Waals surface area contributed by atoms with Crippen LogP contribution < -0.4 is 5.32 Å². The molecule has 1 aliphatic heterocycles. The molecule has 1 aromatic rings. The molecule has 4 heteroatoms. The maximum atomic E-state index is 4.25. The maximum absolute atomic E-state index is 4.25. The summed E-state index contributed by atoms with van der Waals surface area (Å²) in [7, 11) is 1.92. The van der Waals surface area contributed by atoms with Crippen LogP contribution in [-0.2, 0) is 6.54 Å². The Bertz CT molecular complexity index is 301. The highest BCUT2D eigenvalue weighted by Gasteiger charge is 2.18. The molecule has 0 bridgehead atoms. The zero-order chi connectivity index (χ0) is 10.7. The molecule has 1 fully saturated rings. The first-order chi connectivity index (χ1) is 7.31. The second-order valence-corrected chi connectivity index (χ2v) is 4.25. The summed E-state index contributed by atoms with van der Waals surface area (Å²) in [5.41, 5.74) is 0. The summed E-state index contributed by atoms with van der Waals surface area (Å²) >= 11 is 0. The van der Waals surface area contributed by atoms with Crippen molar-refractivity contribution < 1.29 is 0 Å². The average Bonchev–Trinajstić information content (AvgIpc) is 2.87. The molecule has 2 heterocycles. The van der Waals surface area contributed by atoms with Gasteiger partial charge in [0.25, 0.3) is 0 Å². The lowest BCUT2D eigenvalue weighted by Crippen LogP contribution is -2.33. The van der Waals surface area contributed by atoms with E-state index in [0.717, 1.165) is 12.5 Å². The topological polar surface area (TPSA) is 33.1 Å². The smallest absolute Gasteiger partial charge is 0.202 e. The Labute approximate surface area is 91.3 Å². The normalized spacial score (nSPS) is 19.3. The Morgan fingerprint density at radius 1 is 1.47 bits per heavy atom. The van der Waals surface area contributed by atoms with Crippen LogP contribution in [0.1, 0.15) is 19.8 Å². The molecule has 4 nitrogen and oxygen atoms in total. The van der Waals surface area contributed by atoms with E-state index in [1.54, 1.807) is 0 Å². The van der Waals surface area contributed by atoms with Crippen molar-refractivity contribution in [3.63, 3.8) is 0 Å². The van der Waals surface area contributed by atoms with Gasteiger partial charge in [-0.3, -0.25) is 4.90 Å².